The van der Waals surface area contributed by atoms with Crippen molar-refractivity contribution >= 4 is 28.7 Å². The second-order valence-electron chi connectivity index (χ2n) is 7.46. The molecule has 0 bridgehead atoms. The first-order chi connectivity index (χ1) is 15.2. The van der Waals surface area contributed by atoms with Gasteiger partial charge in [0.15, 0.2) is 5.82 Å². The van der Waals surface area contributed by atoms with Gasteiger partial charge in [-0.1, -0.05) is 24.8 Å². The lowest BCUT2D eigenvalue weighted by atomic mass is 9.98. The van der Waals surface area contributed by atoms with Gasteiger partial charge in [-0.25, -0.2) is 19.6 Å². The van der Waals surface area contributed by atoms with E-state index in [-0.39, 0.29) is 11.4 Å². The zero-order valence-corrected chi connectivity index (χ0v) is 17.7. The summed E-state index contributed by atoms with van der Waals surface area (Å²) in [5, 5.41) is 2.45. The maximum absolute atomic E-state index is 14.2. The number of hydrazine groups is 1. The number of aromatic nitrogens is 1. The number of nitrogens with zero attached hydrogens (tertiary/aromatic N) is 2. The first-order valence-electron chi connectivity index (χ1n) is 9.66. The molecule has 3 aromatic rings. The molecule has 7 nitrogen and oxygen atoms in total. The van der Waals surface area contributed by atoms with Crippen molar-refractivity contribution in [2.45, 2.75) is 6.54 Å². The summed E-state index contributed by atoms with van der Waals surface area (Å²) in [4.78, 5) is 18.8. The molecule has 6 N–H and O–H groups in total. The number of rotatable bonds is 7. The summed E-state index contributed by atoms with van der Waals surface area (Å²) in [6, 6.07) is 11.4. The zero-order chi connectivity index (χ0) is 23.4. The Labute approximate surface area is 184 Å². The van der Waals surface area contributed by atoms with Crippen LogP contribution in [0.2, 0.25) is 0 Å². The number of amides is 1. The van der Waals surface area contributed by atoms with Crippen molar-refractivity contribution in [3.63, 3.8) is 0 Å². The third-order valence-corrected chi connectivity index (χ3v) is 4.73. The van der Waals surface area contributed by atoms with Gasteiger partial charge in [0, 0.05) is 12.1 Å². The number of pyridine rings is 1. The lowest BCUT2D eigenvalue weighted by molar-refractivity contribution is 0.101. The van der Waals surface area contributed by atoms with Crippen molar-refractivity contribution in [1.29, 1.82) is 0 Å². The van der Waals surface area contributed by atoms with E-state index < -0.39 is 23.1 Å². The van der Waals surface area contributed by atoms with Gasteiger partial charge >= 0.3 is 0 Å². The number of nitrogen functional groups attached to an aromatic ring is 2. The summed E-state index contributed by atoms with van der Waals surface area (Å²) >= 11 is 0. The molecule has 2 aromatic carbocycles. The Morgan fingerprint density at radius 2 is 1.94 bits per heavy atom. The molecule has 1 heterocycles. The highest BCUT2D eigenvalue weighted by molar-refractivity contribution is 6.05. The van der Waals surface area contributed by atoms with Gasteiger partial charge in [-0.2, -0.15) is 0 Å². The van der Waals surface area contributed by atoms with E-state index in [0.717, 1.165) is 29.8 Å². The van der Waals surface area contributed by atoms with Gasteiger partial charge in [-0.05, 0) is 55.1 Å². The number of anilines is 3. The molecular formula is C23H24F2N6O. The standard InChI is InChI=1S/C23H24F2N6O/c1-13(15-6-4-5-14(9-15)12-31(2)3)17-10-16(11-28-22(17)30-27)29-23(32)20-18(24)7-8-19(26)21(20)25/h4-11H,1,12,26-27H2,2-3H3,(H,28,30)(H,29,32). The molecule has 1 aromatic heterocycles. The molecule has 166 valence electrons. The minimum Gasteiger partial charge on any atom is -0.396 e. The average molecular weight is 438 g/mol. The van der Waals surface area contributed by atoms with Crippen LogP contribution in [0.4, 0.5) is 26.0 Å². The maximum Gasteiger partial charge on any atom is 0.261 e. The molecule has 0 aliphatic heterocycles. The van der Waals surface area contributed by atoms with Crippen molar-refractivity contribution in [2.75, 3.05) is 30.6 Å². The fraction of sp³-hybridized carbons (Fsp3) is 0.130. The second-order valence-corrected chi connectivity index (χ2v) is 7.46. The summed E-state index contributed by atoms with van der Waals surface area (Å²) in [5.41, 5.74) is 10.1. The molecule has 0 aliphatic rings. The lowest BCUT2D eigenvalue weighted by Crippen LogP contribution is -2.18. The van der Waals surface area contributed by atoms with E-state index in [2.05, 4.69) is 22.3 Å². The number of nitrogens with one attached hydrogen (secondary N) is 2. The fourth-order valence-corrected chi connectivity index (χ4v) is 3.23. The summed E-state index contributed by atoms with van der Waals surface area (Å²) in [6.07, 6.45) is 1.31. The molecule has 0 atom stereocenters. The van der Waals surface area contributed by atoms with Crippen LogP contribution >= 0.6 is 0 Å². The van der Waals surface area contributed by atoms with E-state index in [0.29, 0.717) is 17.0 Å². The third kappa shape index (κ3) is 4.90. The smallest absolute Gasteiger partial charge is 0.261 e. The van der Waals surface area contributed by atoms with E-state index in [1.807, 2.05) is 43.3 Å². The van der Waals surface area contributed by atoms with Crippen LogP contribution in [0, 0.1) is 11.6 Å². The Balaban J connectivity index is 1.94. The molecule has 1 amide bonds. The quantitative estimate of drug-likeness (QED) is 0.255. The van der Waals surface area contributed by atoms with Crippen molar-refractivity contribution in [3.8, 4) is 0 Å². The van der Waals surface area contributed by atoms with Crippen molar-refractivity contribution < 1.29 is 13.6 Å². The highest BCUT2D eigenvalue weighted by Crippen LogP contribution is 2.30. The number of halogens is 2. The maximum atomic E-state index is 14.2. The summed E-state index contributed by atoms with van der Waals surface area (Å²) < 4.78 is 28.2. The minimum absolute atomic E-state index is 0.204. The Morgan fingerprint density at radius 3 is 2.62 bits per heavy atom. The Kier molecular flexibility index (Phi) is 6.82. The lowest BCUT2D eigenvalue weighted by Gasteiger charge is -2.15. The van der Waals surface area contributed by atoms with E-state index in [1.54, 1.807) is 6.07 Å². The van der Waals surface area contributed by atoms with Crippen molar-refractivity contribution in [1.82, 2.24) is 9.88 Å². The van der Waals surface area contributed by atoms with Crippen LogP contribution in [0.5, 0.6) is 0 Å². The van der Waals surface area contributed by atoms with Crippen LogP contribution in [0.3, 0.4) is 0 Å². The van der Waals surface area contributed by atoms with Gasteiger partial charge in [0.2, 0.25) is 0 Å². The predicted molar refractivity (Wildman–Crippen MR) is 123 cm³/mol. The number of carbonyl (C=O) groups excluding carboxylic acids is 1. The van der Waals surface area contributed by atoms with E-state index >= 15 is 0 Å². The highest BCUT2D eigenvalue weighted by atomic mass is 19.1. The minimum atomic E-state index is -1.13. The molecule has 0 saturated carbocycles. The summed E-state index contributed by atoms with van der Waals surface area (Å²) in [7, 11) is 3.94. The van der Waals surface area contributed by atoms with Gasteiger partial charge in [0.25, 0.3) is 5.91 Å². The monoisotopic (exact) mass is 438 g/mol. The van der Waals surface area contributed by atoms with Crippen LogP contribution in [0.1, 0.15) is 27.0 Å². The molecule has 0 spiro atoms. The number of nitrogens with two attached hydrogens (primary N) is 2. The Hall–Kier alpha value is -3.82. The van der Waals surface area contributed by atoms with E-state index in [9.17, 15) is 13.6 Å². The summed E-state index contributed by atoms with van der Waals surface area (Å²) in [6.45, 7) is 4.89. The highest BCUT2D eigenvalue weighted by Gasteiger charge is 2.20. The van der Waals surface area contributed by atoms with Crippen LogP contribution in [0.15, 0.2) is 55.2 Å². The largest absolute Gasteiger partial charge is 0.396 e. The molecular weight excluding hydrogens is 414 g/mol. The van der Waals surface area contributed by atoms with Gasteiger partial charge < -0.3 is 21.4 Å². The van der Waals surface area contributed by atoms with Crippen molar-refractivity contribution in [2.24, 2.45) is 5.84 Å². The van der Waals surface area contributed by atoms with Crippen LogP contribution in [0.25, 0.3) is 5.57 Å². The normalized spacial score (nSPS) is 10.8. The molecule has 0 fully saturated rings. The molecule has 9 heteroatoms. The van der Waals surface area contributed by atoms with E-state index in [1.165, 1.54) is 6.20 Å². The Bertz CT molecular complexity index is 1180. The Morgan fingerprint density at radius 1 is 1.19 bits per heavy atom. The first kappa shape index (κ1) is 22.9. The van der Waals surface area contributed by atoms with Crippen LogP contribution in [-0.4, -0.2) is 29.9 Å². The number of hydrogen-bond donors (Lipinski definition) is 4. The number of hydrogen-bond acceptors (Lipinski definition) is 6. The SMILES string of the molecule is C=C(c1cccc(CN(C)C)c1)c1cc(NC(=O)c2c(F)ccc(N)c2F)cnc1NN. The second kappa shape index (κ2) is 9.54. The molecule has 0 unspecified atom stereocenters. The number of carbonyl (C=O) groups is 1. The molecule has 0 aliphatic carbocycles. The molecule has 0 radical (unpaired) electrons. The topological polar surface area (TPSA) is 109 Å². The molecule has 32 heavy (non-hydrogen) atoms. The average Bonchev–Trinajstić information content (AvgIpc) is 2.75. The van der Waals surface area contributed by atoms with E-state index in [4.69, 9.17) is 11.6 Å². The summed E-state index contributed by atoms with van der Waals surface area (Å²) in [5.74, 6) is 2.78. The van der Waals surface area contributed by atoms with Gasteiger partial charge in [0.1, 0.15) is 17.2 Å². The van der Waals surface area contributed by atoms with Crippen LogP contribution in [-0.2, 0) is 6.54 Å². The molecule has 3 rings (SSSR count). The van der Waals surface area contributed by atoms with Gasteiger partial charge in [0.05, 0.1) is 17.6 Å². The van der Waals surface area contributed by atoms with Crippen LogP contribution < -0.4 is 22.3 Å². The van der Waals surface area contributed by atoms with Gasteiger partial charge in [-0.15, -0.1) is 0 Å². The number of benzene rings is 2. The van der Waals surface area contributed by atoms with Crippen molar-refractivity contribution in [3.05, 3.63) is 89.1 Å². The molecule has 0 saturated heterocycles. The predicted octanol–water partition coefficient (Wildman–Crippen LogP) is 3.60. The third-order valence-electron chi connectivity index (χ3n) is 4.73. The first-order valence-corrected chi connectivity index (χ1v) is 9.66. The van der Waals surface area contributed by atoms with Gasteiger partial charge in [-0.3, -0.25) is 4.79 Å². The fourth-order valence-electron chi connectivity index (χ4n) is 3.23. The zero-order valence-electron chi connectivity index (χ0n) is 17.7.